The molecule has 21 heavy (non-hydrogen) atoms. The smallest absolute Gasteiger partial charge is 0.311 e. The first-order chi connectivity index (χ1) is 9.88. The average Bonchev–Trinajstić information content (AvgIpc) is 2.42. The Kier molecular flexibility index (Phi) is 4.18. The summed E-state index contributed by atoms with van der Waals surface area (Å²) in [4.78, 5) is 21.4. The fourth-order valence-corrected chi connectivity index (χ4v) is 1.93. The van der Waals surface area contributed by atoms with Crippen LogP contribution in [0.25, 0.3) is 0 Å². The highest BCUT2D eigenvalue weighted by molar-refractivity contribution is 9.10. The molecule has 0 aliphatic heterocycles. The van der Waals surface area contributed by atoms with Crippen molar-refractivity contribution in [3.8, 4) is 11.5 Å². The third kappa shape index (κ3) is 3.34. The Bertz CT molecular complexity index is 736. The SMILES string of the molecule is NC(=O)c1ccc([N+](=O)[O-])c(Oc2ccc(F)c(Br)c2)c1. The van der Waals surface area contributed by atoms with Crippen LogP contribution in [0.15, 0.2) is 40.9 Å². The molecule has 0 fully saturated rings. The van der Waals surface area contributed by atoms with E-state index in [-0.39, 0.29) is 27.2 Å². The normalized spacial score (nSPS) is 10.2. The standard InChI is InChI=1S/C13H8BrFN2O4/c14-9-6-8(2-3-10(9)15)21-12-5-7(13(16)18)1-4-11(12)17(19)20/h1-6H,(H2,16,18). The van der Waals surface area contributed by atoms with E-state index in [4.69, 9.17) is 10.5 Å². The summed E-state index contributed by atoms with van der Waals surface area (Å²) in [6.45, 7) is 0. The molecule has 0 aromatic heterocycles. The molecular weight excluding hydrogens is 347 g/mol. The molecule has 0 unspecified atom stereocenters. The Labute approximate surface area is 126 Å². The molecule has 0 saturated heterocycles. The lowest BCUT2D eigenvalue weighted by Crippen LogP contribution is -2.11. The number of hydrogen-bond donors (Lipinski definition) is 1. The summed E-state index contributed by atoms with van der Waals surface area (Å²) in [6, 6.07) is 7.28. The van der Waals surface area contributed by atoms with Gasteiger partial charge in [-0.15, -0.1) is 0 Å². The van der Waals surface area contributed by atoms with Crippen LogP contribution < -0.4 is 10.5 Å². The van der Waals surface area contributed by atoms with E-state index in [0.717, 1.165) is 18.2 Å². The van der Waals surface area contributed by atoms with Gasteiger partial charge in [-0.2, -0.15) is 0 Å². The van der Waals surface area contributed by atoms with E-state index in [1.54, 1.807) is 0 Å². The van der Waals surface area contributed by atoms with Crippen LogP contribution in [0.3, 0.4) is 0 Å². The highest BCUT2D eigenvalue weighted by atomic mass is 79.9. The molecule has 0 spiro atoms. The number of carbonyl (C=O) groups excluding carboxylic acids is 1. The molecule has 0 heterocycles. The second kappa shape index (κ2) is 5.88. The van der Waals surface area contributed by atoms with E-state index in [2.05, 4.69) is 15.9 Å². The number of carbonyl (C=O) groups is 1. The number of nitrogens with two attached hydrogens (primary N) is 1. The van der Waals surface area contributed by atoms with Gasteiger partial charge in [0.05, 0.1) is 9.40 Å². The molecule has 2 N–H and O–H groups in total. The van der Waals surface area contributed by atoms with Crippen LogP contribution >= 0.6 is 15.9 Å². The van der Waals surface area contributed by atoms with Gasteiger partial charge in [0.1, 0.15) is 11.6 Å². The lowest BCUT2D eigenvalue weighted by molar-refractivity contribution is -0.385. The van der Waals surface area contributed by atoms with Crippen molar-refractivity contribution in [1.29, 1.82) is 0 Å². The van der Waals surface area contributed by atoms with Gasteiger partial charge in [-0.25, -0.2) is 4.39 Å². The third-order valence-corrected chi connectivity index (χ3v) is 3.17. The van der Waals surface area contributed by atoms with Gasteiger partial charge >= 0.3 is 5.69 Å². The molecule has 8 heteroatoms. The molecule has 108 valence electrons. The molecule has 2 aromatic rings. The van der Waals surface area contributed by atoms with Crippen molar-refractivity contribution in [2.45, 2.75) is 0 Å². The Morgan fingerprint density at radius 1 is 1.29 bits per heavy atom. The summed E-state index contributed by atoms with van der Waals surface area (Å²) in [5, 5.41) is 11.0. The molecule has 0 saturated carbocycles. The molecule has 2 aromatic carbocycles. The van der Waals surface area contributed by atoms with Crippen molar-refractivity contribution in [2.75, 3.05) is 0 Å². The zero-order chi connectivity index (χ0) is 15.6. The van der Waals surface area contributed by atoms with E-state index in [1.807, 2.05) is 0 Å². The monoisotopic (exact) mass is 354 g/mol. The Morgan fingerprint density at radius 2 is 2.00 bits per heavy atom. The minimum absolute atomic E-state index is 0.0665. The number of nitro benzene ring substituents is 1. The predicted octanol–water partition coefficient (Wildman–Crippen LogP) is 3.39. The molecule has 2 rings (SSSR count). The van der Waals surface area contributed by atoms with E-state index in [9.17, 15) is 19.3 Å². The van der Waals surface area contributed by atoms with Crippen LogP contribution in [0.4, 0.5) is 10.1 Å². The molecule has 6 nitrogen and oxygen atoms in total. The number of hydrogen-bond acceptors (Lipinski definition) is 4. The van der Waals surface area contributed by atoms with Gasteiger partial charge in [0.25, 0.3) is 0 Å². The third-order valence-electron chi connectivity index (χ3n) is 2.56. The highest BCUT2D eigenvalue weighted by Gasteiger charge is 2.18. The van der Waals surface area contributed by atoms with Crippen LogP contribution in [-0.4, -0.2) is 10.8 Å². The van der Waals surface area contributed by atoms with Gasteiger partial charge in [-0.05, 0) is 40.2 Å². The lowest BCUT2D eigenvalue weighted by Gasteiger charge is -2.08. The van der Waals surface area contributed by atoms with Crippen molar-refractivity contribution in [2.24, 2.45) is 5.73 Å². The largest absolute Gasteiger partial charge is 0.450 e. The van der Waals surface area contributed by atoms with E-state index in [1.165, 1.54) is 18.2 Å². The number of amides is 1. The van der Waals surface area contributed by atoms with E-state index in [0.29, 0.717) is 0 Å². The van der Waals surface area contributed by atoms with Crippen LogP contribution in [-0.2, 0) is 0 Å². The van der Waals surface area contributed by atoms with Crippen molar-refractivity contribution < 1.29 is 18.8 Å². The zero-order valence-corrected chi connectivity index (χ0v) is 12.0. The Morgan fingerprint density at radius 3 is 2.57 bits per heavy atom. The van der Waals surface area contributed by atoms with Crippen molar-refractivity contribution >= 4 is 27.5 Å². The Hall–Kier alpha value is -2.48. The molecule has 1 amide bonds. The molecular formula is C13H8BrFN2O4. The molecule has 0 atom stereocenters. The first-order valence-electron chi connectivity index (χ1n) is 5.59. The summed E-state index contributed by atoms with van der Waals surface area (Å²) >= 11 is 2.98. The minimum atomic E-state index is -0.741. The number of benzene rings is 2. The van der Waals surface area contributed by atoms with Crippen LogP contribution in [0.2, 0.25) is 0 Å². The number of nitrogens with zero attached hydrogens (tertiary/aromatic N) is 1. The Balaban J connectivity index is 2.45. The maximum atomic E-state index is 13.1. The number of rotatable bonds is 4. The lowest BCUT2D eigenvalue weighted by atomic mass is 10.2. The van der Waals surface area contributed by atoms with Crippen molar-refractivity contribution in [1.82, 2.24) is 0 Å². The number of ether oxygens (including phenoxy) is 1. The topological polar surface area (TPSA) is 95.5 Å². The van der Waals surface area contributed by atoms with Gasteiger partial charge < -0.3 is 10.5 Å². The number of halogens is 2. The number of primary amides is 1. The first-order valence-corrected chi connectivity index (χ1v) is 6.39. The van der Waals surface area contributed by atoms with Gasteiger partial charge in [-0.3, -0.25) is 14.9 Å². The fourth-order valence-electron chi connectivity index (χ4n) is 1.57. The second-order valence-electron chi connectivity index (χ2n) is 3.98. The average molecular weight is 355 g/mol. The first kappa shape index (κ1) is 14.9. The van der Waals surface area contributed by atoms with Gasteiger partial charge in [-0.1, -0.05) is 0 Å². The van der Waals surface area contributed by atoms with E-state index < -0.39 is 16.6 Å². The maximum absolute atomic E-state index is 13.1. The molecule has 0 aliphatic rings. The van der Waals surface area contributed by atoms with Crippen molar-refractivity contribution in [3.05, 3.63) is 62.4 Å². The summed E-state index contributed by atoms with van der Waals surface area (Å²) in [6.07, 6.45) is 0. The molecule has 0 aliphatic carbocycles. The summed E-state index contributed by atoms with van der Waals surface area (Å²) in [5.41, 5.74) is 4.86. The quantitative estimate of drug-likeness (QED) is 0.672. The minimum Gasteiger partial charge on any atom is -0.450 e. The summed E-state index contributed by atoms with van der Waals surface area (Å²) < 4.78 is 18.6. The summed E-state index contributed by atoms with van der Waals surface area (Å²) in [5.74, 6) is -1.22. The maximum Gasteiger partial charge on any atom is 0.311 e. The van der Waals surface area contributed by atoms with Crippen LogP contribution in [0, 0.1) is 15.9 Å². The van der Waals surface area contributed by atoms with Crippen LogP contribution in [0.5, 0.6) is 11.5 Å². The van der Waals surface area contributed by atoms with Crippen molar-refractivity contribution in [3.63, 3.8) is 0 Å². The van der Waals surface area contributed by atoms with Crippen LogP contribution in [0.1, 0.15) is 10.4 Å². The highest BCUT2D eigenvalue weighted by Crippen LogP contribution is 2.33. The predicted molar refractivity (Wildman–Crippen MR) is 75.8 cm³/mol. The summed E-state index contributed by atoms with van der Waals surface area (Å²) in [7, 11) is 0. The van der Waals surface area contributed by atoms with E-state index >= 15 is 0 Å². The zero-order valence-electron chi connectivity index (χ0n) is 10.4. The number of nitro groups is 1. The fraction of sp³-hybridized carbons (Fsp3) is 0. The molecule has 0 bridgehead atoms. The van der Waals surface area contributed by atoms with Gasteiger partial charge in [0, 0.05) is 17.7 Å². The second-order valence-corrected chi connectivity index (χ2v) is 4.84. The van der Waals surface area contributed by atoms with Gasteiger partial charge in [0.15, 0.2) is 0 Å². The molecule has 0 radical (unpaired) electrons. The van der Waals surface area contributed by atoms with Gasteiger partial charge in [0.2, 0.25) is 11.7 Å².